The summed E-state index contributed by atoms with van der Waals surface area (Å²) in [4.78, 5) is 6.70. The molecule has 0 spiro atoms. The molecule has 1 aliphatic rings. The second kappa shape index (κ2) is 4.19. The zero-order chi connectivity index (χ0) is 13.5. The molecule has 0 saturated carbocycles. The van der Waals surface area contributed by atoms with Crippen molar-refractivity contribution in [2.45, 2.75) is 13.0 Å². The monoisotopic (exact) mass is 266 g/mol. The Morgan fingerprint density at radius 2 is 2.15 bits per heavy atom. The predicted octanol–water partition coefficient (Wildman–Crippen LogP) is 1.27. The van der Waals surface area contributed by atoms with Crippen LogP contribution in [0.5, 0.6) is 0 Å². The van der Waals surface area contributed by atoms with Gasteiger partial charge in [-0.15, -0.1) is 10.2 Å². The minimum absolute atomic E-state index is 0.792. The number of benzene rings is 1. The van der Waals surface area contributed by atoms with Crippen molar-refractivity contribution >= 4 is 17.2 Å². The summed E-state index contributed by atoms with van der Waals surface area (Å²) in [7, 11) is 0. The van der Waals surface area contributed by atoms with Crippen molar-refractivity contribution < 1.29 is 0 Å². The average Bonchev–Trinajstić information content (AvgIpc) is 2.94. The predicted molar refractivity (Wildman–Crippen MR) is 76.4 cm³/mol. The van der Waals surface area contributed by atoms with E-state index >= 15 is 0 Å². The highest BCUT2D eigenvalue weighted by atomic mass is 15.3. The highest BCUT2D eigenvalue weighted by Gasteiger charge is 2.20. The average molecular weight is 266 g/mol. The Kier molecular flexibility index (Phi) is 2.35. The minimum atomic E-state index is 0.792. The Morgan fingerprint density at radius 1 is 1.20 bits per heavy atom. The van der Waals surface area contributed by atoms with Crippen LogP contribution in [0, 0.1) is 0 Å². The van der Waals surface area contributed by atoms with Crippen molar-refractivity contribution in [3.8, 4) is 0 Å². The van der Waals surface area contributed by atoms with Crippen LogP contribution in [-0.2, 0) is 13.0 Å². The molecular weight excluding hydrogens is 252 g/mol. The second-order valence-electron chi connectivity index (χ2n) is 5.01. The molecule has 0 aliphatic carbocycles. The van der Waals surface area contributed by atoms with Crippen molar-refractivity contribution in [2.24, 2.45) is 0 Å². The molecule has 0 bridgehead atoms. The van der Waals surface area contributed by atoms with Gasteiger partial charge in [-0.25, -0.2) is 4.98 Å². The van der Waals surface area contributed by atoms with E-state index in [1.54, 1.807) is 12.5 Å². The molecule has 1 aromatic carbocycles. The lowest BCUT2D eigenvalue weighted by atomic mass is 9.99. The number of fused-ring (bicyclic) bond motifs is 2. The van der Waals surface area contributed by atoms with E-state index in [-0.39, 0.29) is 0 Å². The van der Waals surface area contributed by atoms with Crippen LogP contribution in [0.1, 0.15) is 11.1 Å². The first kappa shape index (κ1) is 11.2. The molecule has 2 N–H and O–H groups in total. The summed E-state index contributed by atoms with van der Waals surface area (Å²) < 4.78 is 1.89. The summed E-state index contributed by atoms with van der Waals surface area (Å²) in [5, 5.41) is 8.09. The fourth-order valence-electron chi connectivity index (χ4n) is 2.73. The van der Waals surface area contributed by atoms with Gasteiger partial charge in [0.15, 0.2) is 5.82 Å². The van der Waals surface area contributed by atoms with Gasteiger partial charge in [0.2, 0.25) is 5.65 Å². The van der Waals surface area contributed by atoms with Gasteiger partial charge in [0, 0.05) is 31.2 Å². The van der Waals surface area contributed by atoms with Crippen molar-refractivity contribution in [3.05, 3.63) is 48.0 Å². The number of hydrogen-bond acceptors (Lipinski definition) is 5. The van der Waals surface area contributed by atoms with Crippen LogP contribution >= 0.6 is 0 Å². The van der Waals surface area contributed by atoms with Gasteiger partial charge in [0.25, 0.3) is 0 Å². The second-order valence-corrected chi connectivity index (χ2v) is 5.01. The maximum absolute atomic E-state index is 5.88. The van der Waals surface area contributed by atoms with Gasteiger partial charge >= 0.3 is 0 Å². The van der Waals surface area contributed by atoms with Gasteiger partial charge in [-0.2, -0.15) is 0 Å². The van der Waals surface area contributed by atoms with E-state index in [4.69, 9.17) is 5.73 Å². The number of aromatic nitrogens is 4. The number of anilines is 2. The molecule has 0 amide bonds. The number of rotatable bonds is 1. The van der Waals surface area contributed by atoms with E-state index in [0.717, 1.165) is 36.7 Å². The van der Waals surface area contributed by atoms with Gasteiger partial charge < -0.3 is 10.6 Å². The molecule has 20 heavy (non-hydrogen) atoms. The van der Waals surface area contributed by atoms with Gasteiger partial charge in [-0.3, -0.25) is 4.40 Å². The van der Waals surface area contributed by atoms with E-state index in [1.807, 2.05) is 22.7 Å². The smallest absolute Gasteiger partial charge is 0.203 e. The van der Waals surface area contributed by atoms with Gasteiger partial charge in [0.05, 0.1) is 0 Å². The van der Waals surface area contributed by atoms with Gasteiger partial charge in [-0.1, -0.05) is 6.07 Å². The van der Waals surface area contributed by atoms with Crippen molar-refractivity contribution in [1.82, 2.24) is 19.6 Å². The Morgan fingerprint density at radius 3 is 3.10 bits per heavy atom. The minimum Gasteiger partial charge on any atom is -0.399 e. The lowest BCUT2D eigenvalue weighted by molar-refractivity contribution is 0.721. The highest BCUT2D eigenvalue weighted by molar-refractivity contribution is 5.64. The van der Waals surface area contributed by atoms with E-state index < -0.39 is 0 Å². The van der Waals surface area contributed by atoms with Crippen molar-refractivity contribution in [1.29, 1.82) is 0 Å². The van der Waals surface area contributed by atoms with E-state index in [0.29, 0.717) is 0 Å². The van der Waals surface area contributed by atoms with Crippen LogP contribution in [0.4, 0.5) is 11.5 Å². The summed E-state index contributed by atoms with van der Waals surface area (Å²) in [6, 6.07) is 6.13. The summed E-state index contributed by atoms with van der Waals surface area (Å²) in [6.45, 7) is 1.73. The van der Waals surface area contributed by atoms with Crippen LogP contribution in [0.25, 0.3) is 5.65 Å². The van der Waals surface area contributed by atoms with Crippen molar-refractivity contribution in [3.63, 3.8) is 0 Å². The highest BCUT2D eigenvalue weighted by Crippen LogP contribution is 2.26. The standard InChI is InChI=1S/C14H14N6/c15-12-2-1-10-3-5-19(8-11(10)7-12)13-14-18-17-9-20(14)6-4-16-13/h1-2,4,6-7,9H,3,5,8,15H2. The van der Waals surface area contributed by atoms with Crippen LogP contribution in [0.3, 0.4) is 0 Å². The first-order valence-electron chi connectivity index (χ1n) is 6.58. The fourth-order valence-corrected chi connectivity index (χ4v) is 2.73. The topological polar surface area (TPSA) is 72.3 Å². The summed E-state index contributed by atoms with van der Waals surface area (Å²) >= 11 is 0. The molecule has 4 rings (SSSR count). The number of nitrogens with two attached hydrogens (primary N) is 1. The maximum atomic E-state index is 5.88. The number of nitrogens with zero attached hydrogens (tertiary/aromatic N) is 5. The molecule has 0 atom stereocenters. The molecule has 6 nitrogen and oxygen atoms in total. The molecule has 6 heteroatoms. The Balaban J connectivity index is 1.76. The Bertz CT molecular complexity index is 778. The summed E-state index contributed by atoms with van der Waals surface area (Å²) in [6.07, 6.45) is 6.32. The zero-order valence-corrected chi connectivity index (χ0v) is 10.9. The molecule has 100 valence electrons. The molecule has 1 aliphatic heterocycles. The largest absolute Gasteiger partial charge is 0.399 e. The Hall–Kier alpha value is -2.63. The van der Waals surface area contributed by atoms with Gasteiger partial charge in [0.1, 0.15) is 6.33 Å². The maximum Gasteiger partial charge on any atom is 0.203 e. The molecule has 2 aromatic heterocycles. The normalized spacial score (nSPS) is 14.5. The van der Waals surface area contributed by atoms with E-state index in [1.165, 1.54) is 11.1 Å². The first-order valence-corrected chi connectivity index (χ1v) is 6.58. The van der Waals surface area contributed by atoms with Crippen LogP contribution in [-0.4, -0.2) is 26.1 Å². The molecule has 0 unspecified atom stereocenters. The lowest BCUT2D eigenvalue weighted by Gasteiger charge is -2.29. The molecule has 0 fully saturated rings. The van der Waals surface area contributed by atoms with E-state index in [9.17, 15) is 0 Å². The third-order valence-electron chi connectivity index (χ3n) is 3.74. The lowest BCUT2D eigenvalue weighted by Crippen LogP contribution is -2.31. The van der Waals surface area contributed by atoms with Crippen LogP contribution in [0.15, 0.2) is 36.9 Å². The van der Waals surface area contributed by atoms with Crippen molar-refractivity contribution in [2.75, 3.05) is 17.2 Å². The molecule has 3 aromatic rings. The third kappa shape index (κ3) is 1.69. The number of hydrogen-bond donors (Lipinski definition) is 1. The quantitative estimate of drug-likeness (QED) is 0.671. The fraction of sp³-hybridized carbons (Fsp3) is 0.214. The van der Waals surface area contributed by atoms with Crippen LogP contribution in [0.2, 0.25) is 0 Å². The summed E-state index contributed by atoms with van der Waals surface area (Å²) in [5.41, 5.74) is 10.1. The summed E-state index contributed by atoms with van der Waals surface area (Å²) in [5.74, 6) is 0.873. The zero-order valence-electron chi connectivity index (χ0n) is 10.9. The van der Waals surface area contributed by atoms with E-state index in [2.05, 4.69) is 26.1 Å². The first-order chi connectivity index (χ1) is 9.81. The molecule has 0 radical (unpaired) electrons. The molecular formula is C14H14N6. The number of nitrogen functional groups attached to an aromatic ring is 1. The SMILES string of the molecule is Nc1ccc2c(c1)CN(c1nccn3cnnc13)CC2. The van der Waals surface area contributed by atoms with Gasteiger partial charge in [-0.05, 0) is 29.7 Å². The third-order valence-corrected chi connectivity index (χ3v) is 3.74. The van der Waals surface area contributed by atoms with Crippen LogP contribution < -0.4 is 10.6 Å². The Labute approximate surface area is 115 Å². The molecule has 3 heterocycles. The molecule has 0 saturated heterocycles.